The molecular weight excluding hydrogens is 376 g/mol. The summed E-state index contributed by atoms with van der Waals surface area (Å²) in [6.07, 6.45) is 2.29. The van der Waals surface area contributed by atoms with E-state index in [1.807, 2.05) is 19.1 Å². The molecule has 0 saturated carbocycles. The highest BCUT2D eigenvalue weighted by Crippen LogP contribution is 2.24. The highest BCUT2D eigenvalue weighted by atomic mass is 35.5. The maximum absolute atomic E-state index is 12.5. The van der Waals surface area contributed by atoms with Crippen LogP contribution in [0.1, 0.15) is 36.7 Å². The van der Waals surface area contributed by atoms with Crippen LogP contribution >= 0.6 is 11.6 Å². The van der Waals surface area contributed by atoms with Gasteiger partial charge in [-0.05, 0) is 61.0 Å². The summed E-state index contributed by atoms with van der Waals surface area (Å²) < 4.78 is 5.66. The minimum Gasteiger partial charge on any atom is -0.451 e. The van der Waals surface area contributed by atoms with Gasteiger partial charge in [0, 0.05) is 28.4 Å². The van der Waals surface area contributed by atoms with Gasteiger partial charge in [0.05, 0.1) is 0 Å². The first-order valence-corrected chi connectivity index (χ1v) is 9.50. The molecule has 2 amide bonds. The molecule has 1 aromatic heterocycles. The van der Waals surface area contributed by atoms with Crippen molar-refractivity contribution in [3.63, 3.8) is 0 Å². The Bertz CT molecular complexity index is 964. The molecule has 0 atom stereocenters. The van der Waals surface area contributed by atoms with Crippen LogP contribution in [-0.4, -0.2) is 11.8 Å². The number of furan rings is 1. The molecule has 3 aromatic rings. The molecule has 3 rings (SSSR count). The van der Waals surface area contributed by atoms with Gasteiger partial charge in [0.1, 0.15) is 5.76 Å². The first-order valence-electron chi connectivity index (χ1n) is 9.12. The van der Waals surface area contributed by atoms with Gasteiger partial charge < -0.3 is 15.1 Å². The van der Waals surface area contributed by atoms with Crippen molar-refractivity contribution < 1.29 is 14.0 Å². The zero-order valence-corrected chi connectivity index (χ0v) is 16.3. The van der Waals surface area contributed by atoms with Gasteiger partial charge in [-0.25, -0.2) is 0 Å². The van der Waals surface area contributed by atoms with Crippen LogP contribution in [0.5, 0.6) is 0 Å². The summed E-state index contributed by atoms with van der Waals surface area (Å²) in [6.45, 7) is 2.04. The van der Waals surface area contributed by atoms with Crippen LogP contribution in [0.4, 0.5) is 11.4 Å². The van der Waals surface area contributed by atoms with Gasteiger partial charge in [0.2, 0.25) is 5.91 Å². The second kappa shape index (κ2) is 9.24. The monoisotopic (exact) mass is 396 g/mol. The summed E-state index contributed by atoms with van der Waals surface area (Å²) in [5.74, 6) is 0.375. The second-order valence-corrected chi connectivity index (χ2v) is 6.79. The van der Waals surface area contributed by atoms with Gasteiger partial charge in [-0.2, -0.15) is 0 Å². The Morgan fingerprint density at radius 2 is 1.68 bits per heavy atom. The first kappa shape index (κ1) is 19.7. The molecule has 5 nitrogen and oxygen atoms in total. The van der Waals surface area contributed by atoms with E-state index in [4.69, 9.17) is 16.0 Å². The maximum Gasteiger partial charge on any atom is 0.291 e. The number of carbonyl (C=O) groups is 2. The van der Waals surface area contributed by atoms with Crippen LogP contribution in [0, 0.1) is 0 Å². The molecule has 0 aliphatic heterocycles. The third-order valence-corrected chi connectivity index (χ3v) is 4.37. The lowest BCUT2D eigenvalue weighted by molar-refractivity contribution is -0.116. The topological polar surface area (TPSA) is 71.3 Å². The molecule has 28 heavy (non-hydrogen) atoms. The van der Waals surface area contributed by atoms with Crippen LogP contribution in [0.3, 0.4) is 0 Å². The van der Waals surface area contributed by atoms with E-state index < -0.39 is 0 Å². The zero-order chi connectivity index (χ0) is 19.9. The molecule has 0 aliphatic carbocycles. The summed E-state index contributed by atoms with van der Waals surface area (Å²) in [5, 5.41) is 6.25. The van der Waals surface area contributed by atoms with Crippen molar-refractivity contribution in [2.24, 2.45) is 0 Å². The molecule has 1 heterocycles. The molecule has 0 radical (unpaired) electrons. The van der Waals surface area contributed by atoms with E-state index in [9.17, 15) is 9.59 Å². The predicted molar refractivity (Wildman–Crippen MR) is 112 cm³/mol. The molecule has 144 valence electrons. The van der Waals surface area contributed by atoms with Crippen molar-refractivity contribution in [1.82, 2.24) is 0 Å². The number of unbranched alkanes of at least 4 members (excludes halogenated alkanes) is 1. The lowest BCUT2D eigenvalue weighted by atomic mass is 10.2. The Balaban J connectivity index is 1.65. The van der Waals surface area contributed by atoms with E-state index >= 15 is 0 Å². The molecular formula is C22H21ClN2O3. The van der Waals surface area contributed by atoms with Crippen LogP contribution in [0.2, 0.25) is 5.02 Å². The van der Waals surface area contributed by atoms with Crippen molar-refractivity contribution in [1.29, 1.82) is 0 Å². The minimum absolute atomic E-state index is 0.0380. The van der Waals surface area contributed by atoms with Gasteiger partial charge in [-0.3, -0.25) is 9.59 Å². The fourth-order valence-electron chi connectivity index (χ4n) is 2.66. The molecule has 2 aromatic carbocycles. The number of rotatable bonds is 7. The summed E-state index contributed by atoms with van der Waals surface area (Å²) in [4.78, 5) is 24.3. The molecule has 0 spiro atoms. The second-order valence-electron chi connectivity index (χ2n) is 6.36. The zero-order valence-electron chi connectivity index (χ0n) is 15.5. The molecule has 2 N–H and O–H groups in total. The Labute approximate surface area is 168 Å². The summed E-state index contributed by atoms with van der Waals surface area (Å²) in [5.41, 5.74) is 2.04. The van der Waals surface area contributed by atoms with Crippen LogP contribution in [-0.2, 0) is 4.79 Å². The SMILES string of the molecule is CCCCC(=O)Nc1cccc(NC(=O)c2ccc(-c3ccc(Cl)cc3)o2)c1. The number of benzene rings is 2. The molecule has 6 heteroatoms. The molecule has 0 saturated heterocycles. The largest absolute Gasteiger partial charge is 0.451 e. The van der Waals surface area contributed by atoms with Gasteiger partial charge in [-0.1, -0.05) is 31.0 Å². The average Bonchev–Trinajstić information content (AvgIpc) is 3.17. The van der Waals surface area contributed by atoms with Crippen LogP contribution < -0.4 is 10.6 Å². The van der Waals surface area contributed by atoms with Crippen LogP contribution in [0.15, 0.2) is 65.1 Å². The fraction of sp³-hybridized carbons (Fsp3) is 0.182. The number of hydrogen-bond acceptors (Lipinski definition) is 3. The lowest BCUT2D eigenvalue weighted by Gasteiger charge is -2.08. The summed E-state index contributed by atoms with van der Waals surface area (Å²) >= 11 is 5.89. The Morgan fingerprint density at radius 1 is 0.964 bits per heavy atom. The van der Waals surface area contributed by atoms with Crippen molar-refractivity contribution in [2.45, 2.75) is 26.2 Å². The van der Waals surface area contributed by atoms with E-state index in [2.05, 4.69) is 10.6 Å². The summed E-state index contributed by atoms with van der Waals surface area (Å²) in [6, 6.07) is 17.6. The molecule has 0 bridgehead atoms. The maximum atomic E-state index is 12.5. The number of carbonyl (C=O) groups excluding carboxylic acids is 2. The van der Waals surface area contributed by atoms with E-state index in [1.165, 1.54) is 0 Å². The normalized spacial score (nSPS) is 10.5. The van der Waals surface area contributed by atoms with E-state index in [-0.39, 0.29) is 17.6 Å². The molecule has 0 unspecified atom stereocenters. The van der Waals surface area contributed by atoms with Gasteiger partial charge in [-0.15, -0.1) is 0 Å². The minimum atomic E-state index is -0.366. The lowest BCUT2D eigenvalue weighted by Crippen LogP contribution is -2.13. The van der Waals surface area contributed by atoms with Crippen molar-refractivity contribution in [2.75, 3.05) is 10.6 Å². The smallest absolute Gasteiger partial charge is 0.291 e. The number of nitrogens with one attached hydrogen (secondary N) is 2. The summed E-state index contributed by atoms with van der Waals surface area (Å²) in [7, 11) is 0. The predicted octanol–water partition coefficient (Wildman–Crippen LogP) is 5.98. The standard InChI is InChI=1S/C22H21ClN2O3/c1-2-3-7-21(26)24-17-5-4-6-18(14-17)25-22(27)20-13-12-19(28-20)15-8-10-16(23)11-9-15/h4-6,8-14H,2-3,7H2,1H3,(H,24,26)(H,25,27). The van der Waals surface area contributed by atoms with E-state index in [1.54, 1.807) is 48.5 Å². The van der Waals surface area contributed by atoms with E-state index in [0.717, 1.165) is 18.4 Å². The van der Waals surface area contributed by atoms with Crippen molar-refractivity contribution >= 4 is 34.8 Å². The van der Waals surface area contributed by atoms with Gasteiger partial charge in [0.15, 0.2) is 5.76 Å². The van der Waals surface area contributed by atoms with Crippen molar-refractivity contribution in [3.05, 3.63) is 71.4 Å². The third kappa shape index (κ3) is 5.24. The van der Waals surface area contributed by atoms with Crippen LogP contribution in [0.25, 0.3) is 11.3 Å². The van der Waals surface area contributed by atoms with Gasteiger partial charge in [0.25, 0.3) is 5.91 Å². The van der Waals surface area contributed by atoms with E-state index in [0.29, 0.717) is 28.6 Å². The average molecular weight is 397 g/mol. The Morgan fingerprint density at radius 3 is 2.39 bits per heavy atom. The van der Waals surface area contributed by atoms with Crippen molar-refractivity contribution in [3.8, 4) is 11.3 Å². The third-order valence-electron chi connectivity index (χ3n) is 4.12. The fourth-order valence-corrected chi connectivity index (χ4v) is 2.78. The first-order chi connectivity index (χ1) is 13.5. The molecule has 0 aliphatic rings. The van der Waals surface area contributed by atoms with Gasteiger partial charge >= 0.3 is 0 Å². The number of amides is 2. The molecule has 0 fully saturated rings. The number of anilines is 2. The number of halogens is 1. The quantitative estimate of drug-likeness (QED) is 0.516. The highest BCUT2D eigenvalue weighted by Gasteiger charge is 2.13. The Kier molecular flexibility index (Phi) is 6.50. The Hall–Kier alpha value is -3.05. The number of hydrogen-bond donors (Lipinski definition) is 2. The highest BCUT2D eigenvalue weighted by molar-refractivity contribution is 6.30.